The smallest absolute Gasteiger partial charge is 0.142 e. The summed E-state index contributed by atoms with van der Waals surface area (Å²) in [6.45, 7) is 0. The van der Waals surface area contributed by atoms with Crippen LogP contribution in [0.5, 0.6) is 0 Å². The van der Waals surface area contributed by atoms with Crippen LogP contribution in [0.3, 0.4) is 0 Å². The van der Waals surface area contributed by atoms with E-state index in [0.717, 1.165) is 11.4 Å². The van der Waals surface area contributed by atoms with Crippen molar-refractivity contribution in [1.82, 2.24) is 15.0 Å². The normalized spacial score (nSPS) is 10.4. The third-order valence-corrected chi connectivity index (χ3v) is 1.30. The van der Waals surface area contributed by atoms with Gasteiger partial charge in [0, 0.05) is 12.3 Å². The number of fused-ring (bicyclic) bond motifs is 1. The van der Waals surface area contributed by atoms with Gasteiger partial charge < -0.3 is 10.7 Å². The predicted molar refractivity (Wildman–Crippen MR) is 36.3 cm³/mol. The Morgan fingerprint density at radius 1 is 1.50 bits per heavy atom. The van der Waals surface area contributed by atoms with Crippen LogP contribution in [-0.4, -0.2) is 15.0 Å². The number of aromatic amines is 1. The monoisotopic (exact) mass is 133 g/mol. The van der Waals surface area contributed by atoms with Gasteiger partial charge in [0.1, 0.15) is 11.6 Å². The van der Waals surface area contributed by atoms with Crippen molar-refractivity contribution < 1.29 is 0 Å². The lowest BCUT2D eigenvalue weighted by atomic mass is 10.3. The number of nitrogen functional groups attached to an aromatic ring is 1. The zero-order chi connectivity index (χ0) is 6.97. The minimum atomic E-state index is 0.464. The zero-order valence-electron chi connectivity index (χ0n) is 5.13. The molecule has 0 aromatic heterocycles. The molecular formula is C6H5N4. The number of H-pyrrole nitrogens is 1. The van der Waals surface area contributed by atoms with Gasteiger partial charge >= 0.3 is 0 Å². The standard InChI is InChI=1S/C6H5N4/c7-5-4-1-2-8-6(4)10-3-9-5/h2-3H,(H3,7,8,9,10). The van der Waals surface area contributed by atoms with Crippen LogP contribution in [0.15, 0.2) is 12.5 Å². The van der Waals surface area contributed by atoms with Gasteiger partial charge in [0.05, 0.1) is 11.9 Å². The van der Waals surface area contributed by atoms with Crippen LogP contribution in [0, 0.1) is 6.07 Å². The Hall–Kier alpha value is -1.58. The third-order valence-electron chi connectivity index (χ3n) is 1.30. The molecule has 10 heavy (non-hydrogen) atoms. The second-order valence-electron chi connectivity index (χ2n) is 1.91. The van der Waals surface area contributed by atoms with Gasteiger partial charge in [-0.25, -0.2) is 9.97 Å². The predicted octanol–water partition coefficient (Wildman–Crippen LogP) is 0.292. The highest BCUT2D eigenvalue weighted by Gasteiger charge is 2.06. The van der Waals surface area contributed by atoms with E-state index >= 15 is 0 Å². The fraction of sp³-hybridized carbons (Fsp3) is 0. The summed E-state index contributed by atoms with van der Waals surface area (Å²) in [5.74, 6) is 1.19. The second-order valence-corrected chi connectivity index (χ2v) is 1.91. The van der Waals surface area contributed by atoms with Crippen molar-refractivity contribution in [3.05, 3.63) is 18.6 Å². The Labute approximate surface area is 57.5 Å². The van der Waals surface area contributed by atoms with E-state index in [1.165, 1.54) is 6.33 Å². The van der Waals surface area contributed by atoms with Gasteiger partial charge in [-0.1, -0.05) is 0 Å². The van der Waals surface area contributed by atoms with Crippen LogP contribution in [0.2, 0.25) is 0 Å². The molecule has 0 aliphatic carbocycles. The molecule has 4 nitrogen and oxygen atoms in total. The first-order chi connectivity index (χ1) is 4.88. The first kappa shape index (κ1) is 5.22. The van der Waals surface area contributed by atoms with Crippen molar-refractivity contribution in [2.45, 2.75) is 0 Å². The second kappa shape index (κ2) is 1.70. The van der Waals surface area contributed by atoms with E-state index in [-0.39, 0.29) is 0 Å². The molecule has 0 aromatic carbocycles. The highest BCUT2D eigenvalue weighted by Crippen LogP contribution is 2.19. The quantitative estimate of drug-likeness (QED) is 0.542. The molecule has 0 spiro atoms. The molecule has 0 amide bonds. The molecule has 2 aliphatic rings. The van der Waals surface area contributed by atoms with E-state index in [9.17, 15) is 0 Å². The lowest BCUT2D eigenvalue weighted by Crippen LogP contribution is -1.95. The summed E-state index contributed by atoms with van der Waals surface area (Å²) < 4.78 is 0. The summed E-state index contributed by atoms with van der Waals surface area (Å²) in [5, 5.41) is 0. The number of anilines is 1. The van der Waals surface area contributed by atoms with Crippen LogP contribution >= 0.6 is 0 Å². The van der Waals surface area contributed by atoms with E-state index in [1.54, 1.807) is 6.20 Å². The average Bonchev–Trinajstić information content (AvgIpc) is 2.36. The van der Waals surface area contributed by atoms with Crippen molar-refractivity contribution in [3.63, 3.8) is 0 Å². The Balaban J connectivity index is 2.80. The molecule has 3 N–H and O–H groups in total. The van der Waals surface area contributed by atoms with Crippen molar-refractivity contribution in [2.24, 2.45) is 0 Å². The molecule has 49 valence electrons. The Kier molecular flexibility index (Phi) is 0.887. The van der Waals surface area contributed by atoms with Crippen LogP contribution in [-0.2, 0) is 0 Å². The van der Waals surface area contributed by atoms with Crippen LogP contribution < -0.4 is 5.73 Å². The largest absolute Gasteiger partial charge is 0.383 e. The van der Waals surface area contributed by atoms with Crippen LogP contribution in [0.25, 0.3) is 11.4 Å². The highest BCUT2D eigenvalue weighted by atomic mass is 15.0. The van der Waals surface area contributed by atoms with Crippen LogP contribution in [0.4, 0.5) is 5.82 Å². The Bertz CT molecular complexity index is 314. The Morgan fingerprint density at radius 2 is 2.40 bits per heavy atom. The molecule has 2 rings (SSSR count). The third kappa shape index (κ3) is 0.556. The van der Waals surface area contributed by atoms with E-state index in [1.807, 2.05) is 0 Å². The summed E-state index contributed by atoms with van der Waals surface area (Å²) in [6.07, 6.45) is 3.08. The van der Waals surface area contributed by atoms with Crippen molar-refractivity contribution >= 4 is 5.82 Å². The molecule has 0 saturated carbocycles. The number of hydrogen-bond acceptors (Lipinski definition) is 3. The van der Waals surface area contributed by atoms with Gasteiger partial charge in [0.15, 0.2) is 0 Å². The number of nitrogens with one attached hydrogen (secondary N) is 1. The molecule has 2 aliphatic heterocycles. The van der Waals surface area contributed by atoms with Gasteiger partial charge in [-0.05, 0) is 0 Å². The number of aromatic nitrogens is 3. The van der Waals surface area contributed by atoms with E-state index in [2.05, 4.69) is 21.0 Å². The molecule has 0 aromatic rings. The van der Waals surface area contributed by atoms with Crippen molar-refractivity contribution in [1.29, 1.82) is 0 Å². The topological polar surface area (TPSA) is 67.6 Å². The fourth-order valence-electron chi connectivity index (χ4n) is 0.826. The summed E-state index contributed by atoms with van der Waals surface area (Å²) in [4.78, 5) is 10.6. The molecule has 4 heteroatoms. The molecule has 0 fully saturated rings. The molecule has 0 saturated heterocycles. The summed E-state index contributed by atoms with van der Waals surface area (Å²) in [6, 6.07) is 2.86. The molecule has 2 heterocycles. The summed E-state index contributed by atoms with van der Waals surface area (Å²) in [7, 11) is 0. The molecule has 0 bridgehead atoms. The van der Waals surface area contributed by atoms with E-state index in [0.29, 0.717) is 5.82 Å². The summed E-state index contributed by atoms with van der Waals surface area (Å²) in [5.41, 5.74) is 6.25. The van der Waals surface area contributed by atoms with Crippen LogP contribution in [0.1, 0.15) is 0 Å². The van der Waals surface area contributed by atoms with Gasteiger partial charge in [0.2, 0.25) is 0 Å². The minimum Gasteiger partial charge on any atom is -0.383 e. The number of nitrogens with zero attached hydrogens (tertiary/aromatic N) is 2. The lowest BCUT2D eigenvalue weighted by molar-refractivity contribution is 1.14. The number of rotatable bonds is 0. The lowest BCUT2D eigenvalue weighted by Gasteiger charge is -1.97. The minimum absolute atomic E-state index is 0.464. The number of nitrogens with two attached hydrogens (primary N) is 1. The van der Waals surface area contributed by atoms with Gasteiger partial charge in [-0.15, -0.1) is 0 Å². The molecular weight excluding hydrogens is 128 g/mol. The SMILES string of the molecule is Nc1nc[nH]c2nc[c]c1-2. The zero-order valence-corrected chi connectivity index (χ0v) is 5.13. The van der Waals surface area contributed by atoms with E-state index in [4.69, 9.17) is 5.73 Å². The van der Waals surface area contributed by atoms with Gasteiger partial charge in [-0.3, -0.25) is 0 Å². The molecule has 1 radical (unpaired) electrons. The highest BCUT2D eigenvalue weighted by molar-refractivity contribution is 5.67. The van der Waals surface area contributed by atoms with E-state index < -0.39 is 0 Å². The van der Waals surface area contributed by atoms with Gasteiger partial charge in [0.25, 0.3) is 0 Å². The van der Waals surface area contributed by atoms with Crippen molar-refractivity contribution in [3.8, 4) is 11.4 Å². The number of hydrogen-bond donors (Lipinski definition) is 2. The first-order valence-corrected chi connectivity index (χ1v) is 2.83. The maximum Gasteiger partial charge on any atom is 0.142 e. The Morgan fingerprint density at radius 3 is 3.20 bits per heavy atom. The fourth-order valence-corrected chi connectivity index (χ4v) is 0.826. The van der Waals surface area contributed by atoms with Gasteiger partial charge in [-0.2, -0.15) is 0 Å². The first-order valence-electron chi connectivity index (χ1n) is 2.83. The average molecular weight is 133 g/mol. The molecule has 0 unspecified atom stereocenters. The molecule has 0 atom stereocenters. The maximum atomic E-state index is 5.50. The van der Waals surface area contributed by atoms with Crippen molar-refractivity contribution in [2.75, 3.05) is 5.73 Å². The summed E-state index contributed by atoms with van der Waals surface area (Å²) >= 11 is 0. The maximum absolute atomic E-state index is 5.50.